The van der Waals surface area contributed by atoms with Crippen LogP contribution in [0.2, 0.25) is 0 Å². The minimum Gasteiger partial charge on any atom is -0.395 e. The molecular weight excluding hydrogens is 260 g/mol. The maximum absolute atomic E-state index is 9.95. The summed E-state index contributed by atoms with van der Waals surface area (Å²) in [4.78, 5) is 4.14. The number of hydrogen-bond acceptors (Lipinski definition) is 6. The minimum absolute atomic E-state index is 0.0436. The highest BCUT2D eigenvalue weighted by Crippen LogP contribution is 2.42. The first kappa shape index (κ1) is 13.1. The number of nitrogens with zero attached hydrogens (tertiary/aromatic N) is 1. The fourth-order valence-electron chi connectivity index (χ4n) is 1.82. The smallest absolute Gasteiger partial charge is 0.159 e. The first-order valence-electron chi connectivity index (χ1n) is 5.21. The van der Waals surface area contributed by atoms with Crippen molar-refractivity contribution in [1.82, 2.24) is 5.32 Å². The molecule has 2 saturated heterocycles. The zero-order chi connectivity index (χ0) is 12.4. The van der Waals surface area contributed by atoms with Gasteiger partial charge in [-0.05, 0) is 0 Å². The summed E-state index contributed by atoms with van der Waals surface area (Å²) in [5.41, 5.74) is 0. The molecule has 0 aromatic rings. The van der Waals surface area contributed by atoms with E-state index in [2.05, 4.69) is 16.2 Å². The van der Waals surface area contributed by atoms with Crippen molar-refractivity contribution >= 4 is 28.7 Å². The van der Waals surface area contributed by atoms with Gasteiger partial charge < -0.3 is 20.6 Å². The Morgan fingerprint density at radius 3 is 2.82 bits per heavy atom. The summed E-state index contributed by atoms with van der Waals surface area (Å²) >= 11 is 2.94. The molecule has 4 N–H and O–H groups in total. The average molecular weight is 274 g/mol. The van der Waals surface area contributed by atoms with Crippen molar-refractivity contribution in [3.63, 3.8) is 0 Å². The molecule has 2 rings (SSSR count). The lowest BCUT2D eigenvalue weighted by molar-refractivity contribution is -0.00916. The fourth-order valence-corrected chi connectivity index (χ4v) is 4.84. The fraction of sp³-hybridized carbons (Fsp3) is 0.700. The van der Waals surface area contributed by atoms with Gasteiger partial charge in [0.1, 0.15) is 12.6 Å². The molecule has 2 aliphatic heterocycles. The topological polar surface area (TPSA) is 85.1 Å². The summed E-state index contributed by atoms with van der Waals surface area (Å²) in [6.45, 7) is 0.144. The van der Waals surface area contributed by atoms with Crippen molar-refractivity contribution in [2.45, 2.75) is 28.1 Å². The lowest BCUT2D eigenvalue weighted by atomic mass is 10.0. The van der Waals surface area contributed by atoms with E-state index in [1.54, 1.807) is 0 Å². The maximum atomic E-state index is 9.95. The lowest BCUT2D eigenvalue weighted by Crippen LogP contribution is -2.56. The number of aliphatic hydroxyl groups is 3. The minimum atomic E-state index is -0.925. The third-order valence-corrected chi connectivity index (χ3v) is 5.67. The number of thioether (sulfide) groups is 2. The number of fused-ring (bicyclic) bond motifs is 1. The molecule has 0 spiro atoms. The van der Waals surface area contributed by atoms with Gasteiger partial charge in [0.2, 0.25) is 0 Å². The van der Waals surface area contributed by atoms with Crippen LogP contribution in [0.3, 0.4) is 0 Å². The monoisotopic (exact) mass is 274 g/mol. The van der Waals surface area contributed by atoms with E-state index in [1.807, 2.05) is 0 Å². The molecule has 5 atom stereocenters. The highest BCUT2D eigenvalue weighted by Gasteiger charge is 2.48. The second-order valence-corrected chi connectivity index (χ2v) is 6.63. The van der Waals surface area contributed by atoms with Crippen LogP contribution in [0, 0.1) is 12.3 Å². The van der Waals surface area contributed by atoms with Crippen LogP contribution in [0.25, 0.3) is 0 Å². The van der Waals surface area contributed by atoms with Gasteiger partial charge >= 0.3 is 0 Å². The third kappa shape index (κ3) is 2.56. The molecule has 2 fully saturated rings. The van der Waals surface area contributed by atoms with E-state index in [0.717, 1.165) is 0 Å². The molecule has 0 bridgehead atoms. The van der Waals surface area contributed by atoms with Crippen molar-refractivity contribution in [2.24, 2.45) is 4.99 Å². The van der Waals surface area contributed by atoms with Crippen molar-refractivity contribution in [2.75, 3.05) is 13.2 Å². The molecule has 0 aromatic carbocycles. The highest BCUT2D eigenvalue weighted by atomic mass is 32.2. The van der Waals surface area contributed by atoms with E-state index in [1.165, 1.54) is 23.5 Å². The molecule has 0 amide bonds. The highest BCUT2D eigenvalue weighted by molar-refractivity contribution is 8.25. The maximum Gasteiger partial charge on any atom is 0.159 e. The van der Waals surface area contributed by atoms with Crippen LogP contribution in [0.4, 0.5) is 0 Å². The largest absolute Gasteiger partial charge is 0.395 e. The molecule has 7 heteroatoms. The number of amidine groups is 1. The number of nitrogens with one attached hydrogen (secondary N) is 1. The molecule has 5 nitrogen and oxygen atoms in total. The molecule has 94 valence electrons. The predicted molar refractivity (Wildman–Crippen MR) is 69.9 cm³/mol. The van der Waals surface area contributed by atoms with Gasteiger partial charge in [-0.1, -0.05) is 17.7 Å². The van der Waals surface area contributed by atoms with Gasteiger partial charge in [-0.25, -0.2) is 4.99 Å². The van der Waals surface area contributed by atoms with E-state index >= 15 is 0 Å². The number of rotatable bonds is 2. The van der Waals surface area contributed by atoms with Crippen molar-refractivity contribution in [3.05, 3.63) is 0 Å². The van der Waals surface area contributed by atoms with Crippen LogP contribution in [0.1, 0.15) is 0 Å². The Labute approximate surface area is 108 Å². The molecule has 2 aliphatic rings. The van der Waals surface area contributed by atoms with E-state index in [-0.39, 0.29) is 22.5 Å². The van der Waals surface area contributed by atoms with Gasteiger partial charge in [0.15, 0.2) is 5.17 Å². The second kappa shape index (κ2) is 5.50. The molecule has 17 heavy (non-hydrogen) atoms. The quantitative estimate of drug-likeness (QED) is 0.475. The number of aliphatic imine (C=N–C) groups is 1. The van der Waals surface area contributed by atoms with Gasteiger partial charge in [-0.2, -0.15) is 0 Å². The zero-order valence-electron chi connectivity index (χ0n) is 8.98. The first-order chi connectivity index (χ1) is 8.17. The van der Waals surface area contributed by atoms with Crippen LogP contribution in [0.5, 0.6) is 0 Å². The molecule has 4 unspecified atom stereocenters. The van der Waals surface area contributed by atoms with E-state index < -0.39 is 12.2 Å². The van der Waals surface area contributed by atoms with Crippen molar-refractivity contribution in [3.8, 4) is 12.3 Å². The van der Waals surface area contributed by atoms with E-state index in [4.69, 9.17) is 11.5 Å². The summed E-state index contributed by atoms with van der Waals surface area (Å²) < 4.78 is 0.0436. The van der Waals surface area contributed by atoms with Crippen LogP contribution in [-0.4, -0.2) is 61.7 Å². The van der Waals surface area contributed by atoms with Gasteiger partial charge in [0.25, 0.3) is 0 Å². The average Bonchev–Trinajstić information content (AvgIpc) is 2.74. The SMILES string of the molecule is C#CCN=C1NC2C(O)C(O)C(CO)S[C@@H]2S1. The normalized spacial score (nSPS) is 42.9. The van der Waals surface area contributed by atoms with Crippen LogP contribution in [-0.2, 0) is 0 Å². The molecule has 0 aliphatic carbocycles. The Morgan fingerprint density at radius 2 is 2.18 bits per heavy atom. The number of aliphatic hydroxyl groups excluding tert-OH is 3. The molecular formula is C10H14N2O3S2. The Bertz CT molecular complexity index is 358. The third-order valence-electron chi connectivity index (χ3n) is 2.71. The summed E-state index contributed by atoms with van der Waals surface area (Å²) in [5.74, 6) is 2.42. The van der Waals surface area contributed by atoms with Gasteiger partial charge in [0, 0.05) is 0 Å². The Kier molecular flexibility index (Phi) is 4.22. The summed E-state index contributed by atoms with van der Waals surface area (Å²) in [5, 5.41) is 32.3. The Hall–Kier alpha value is -0.390. The van der Waals surface area contributed by atoms with Gasteiger partial charge in [-0.15, -0.1) is 18.2 Å². The van der Waals surface area contributed by atoms with E-state index in [9.17, 15) is 10.2 Å². The molecule has 0 radical (unpaired) electrons. The second-order valence-electron chi connectivity index (χ2n) is 3.82. The standard InChI is InChI=1S/C10H14N2O3S2/c1-2-3-11-10-12-6-8(15)7(14)5(4-13)16-9(6)17-10/h1,5-9,13-15H,3-4H2,(H,11,12)/t5?,6?,7?,8?,9-/m1/s1. The van der Waals surface area contributed by atoms with Crippen LogP contribution in [0.15, 0.2) is 4.99 Å². The van der Waals surface area contributed by atoms with Crippen molar-refractivity contribution in [1.29, 1.82) is 0 Å². The number of terminal acetylenes is 1. The lowest BCUT2D eigenvalue weighted by Gasteiger charge is -2.37. The molecule has 0 aromatic heterocycles. The van der Waals surface area contributed by atoms with Crippen molar-refractivity contribution < 1.29 is 15.3 Å². The first-order valence-corrected chi connectivity index (χ1v) is 7.03. The zero-order valence-corrected chi connectivity index (χ0v) is 10.6. The molecule has 0 saturated carbocycles. The van der Waals surface area contributed by atoms with Crippen LogP contribution >= 0.6 is 23.5 Å². The van der Waals surface area contributed by atoms with E-state index in [0.29, 0.717) is 11.7 Å². The van der Waals surface area contributed by atoms with Crippen LogP contribution < -0.4 is 5.32 Å². The summed E-state index contributed by atoms with van der Waals surface area (Å²) in [7, 11) is 0. The molecule has 2 heterocycles. The predicted octanol–water partition coefficient (Wildman–Crippen LogP) is -1.16. The Morgan fingerprint density at radius 1 is 1.41 bits per heavy atom. The summed E-state index contributed by atoms with van der Waals surface area (Å²) in [6, 6.07) is -0.251. The number of hydrogen-bond donors (Lipinski definition) is 4. The summed E-state index contributed by atoms with van der Waals surface area (Å²) in [6.07, 6.45) is 3.30. The Balaban J connectivity index is 2.08. The van der Waals surface area contributed by atoms with Gasteiger partial charge in [-0.3, -0.25) is 0 Å². The van der Waals surface area contributed by atoms with Gasteiger partial charge in [0.05, 0.1) is 28.6 Å².